The Morgan fingerprint density at radius 1 is 1.03 bits per heavy atom. The molecule has 0 amide bonds. The molecular weight excluding hydrogens is 549 g/mol. The van der Waals surface area contributed by atoms with Crippen LogP contribution in [0.5, 0.6) is 5.75 Å². The maximum atomic E-state index is 12.2. The summed E-state index contributed by atoms with van der Waals surface area (Å²) < 4.78 is 42.6. The highest BCUT2D eigenvalue weighted by Crippen LogP contribution is 2.25. The van der Waals surface area contributed by atoms with Crippen LogP contribution >= 0.6 is 22.9 Å². The molecule has 0 saturated carbocycles. The molecule has 4 rings (SSSR count). The summed E-state index contributed by atoms with van der Waals surface area (Å²) in [6, 6.07) is 18.0. The summed E-state index contributed by atoms with van der Waals surface area (Å²) in [5, 5.41) is 11.3. The van der Waals surface area contributed by atoms with Crippen molar-refractivity contribution in [2.24, 2.45) is 25.9 Å². The lowest BCUT2D eigenvalue weighted by atomic mass is 10.1. The molecule has 0 radical (unpaired) electrons. The van der Waals surface area contributed by atoms with Gasteiger partial charge in [-0.25, -0.2) is 9.98 Å². The van der Waals surface area contributed by atoms with Crippen LogP contribution in [0.3, 0.4) is 0 Å². The summed E-state index contributed by atoms with van der Waals surface area (Å²) in [5.41, 5.74) is 10.8. The van der Waals surface area contributed by atoms with Gasteiger partial charge >= 0.3 is 6.36 Å². The van der Waals surface area contributed by atoms with Crippen LogP contribution in [-0.4, -0.2) is 29.3 Å². The molecule has 0 fully saturated rings. The number of benzene rings is 3. The number of aryl methyl sites for hydroxylation is 2. The Morgan fingerprint density at radius 2 is 1.74 bits per heavy atom. The third-order valence-corrected chi connectivity index (χ3v) is 6.56. The molecule has 2 N–H and O–H groups in total. The minimum atomic E-state index is -4.75. The molecule has 7 nitrogen and oxygen atoms in total. The number of aliphatic imine (C=N–C) groups is 2. The number of alkyl halides is 3. The Kier molecular flexibility index (Phi) is 8.62. The molecule has 0 aliphatic heterocycles. The quantitative estimate of drug-likeness (QED) is 0.152. The SMILES string of the molecule is Cc1cccc(Cl)c1-n1c(C)cs/c1=N/N=C\c1ccc(C(N)=NC=Nc2ccc(OC(F)(F)F)cc2)cc1. The second-order valence-corrected chi connectivity index (χ2v) is 9.41. The number of nitrogens with zero attached hydrogens (tertiary/aromatic N) is 5. The highest BCUT2D eigenvalue weighted by molar-refractivity contribution is 7.07. The lowest BCUT2D eigenvalue weighted by molar-refractivity contribution is -0.274. The van der Waals surface area contributed by atoms with Gasteiger partial charge in [-0.15, -0.1) is 29.6 Å². The van der Waals surface area contributed by atoms with E-state index in [4.69, 9.17) is 17.3 Å². The van der Waals surface area contributed by atoms with Crippen LogP contribution < -0.4 is 15.3 Å². The molecule has 12 heteroatoms. The van der Waals surface area contributed by atoms with Gasteiger partial charge in [0.15, 0.2) is 0 Å². The van der Waals surface area contributed by atoms with Crippen LogP contribution in [0.25, 0.3) is 5.69 Å². The summed E-state index contributed by atoms with van der Waals surface area (Å²) >= 11 is 7.93. The molecule has 0 spiro atoms. The van der Waals surface area contributed by atoms with Crippen molar-refractivity contribution in [2.45, 2.75) is 20.2 Å². The van der Waals surface area contributed by atoms with Crippen LogP contribution in [0.1, 0.15) is 22.4 Å². The zero-order valence-electron chi connectivity index (χ0n) is 20.7. The van der Waals surface area contributed by atoms with Gasteiger partial charge in [0.2, 0.25) is 4.80 Å². The molecule has 0 aliphatic rings. The smallest absolute Gasteiger partial charge is 0.406 e. The number of ether oxygens (including phenoxy) is 1. The van der Waals surface area contributed by atoms with Gasteiger partial charge in [0.1, 0.15) is 17.9 Å². The molecule has 0 bridgehead atoms. The van der Waals surface area contributed by atoms with Crippen LogP contribution in [0, 0.1) is 13.8 Å². The first-order chi connectivity index (χ1) is 18.6. The molecule has 0 unspecified atom stereocenters. The Morgan fingerprint density at radius 3 is 2.41 bits per heavy atom. The summed E-state index contributed by atoms with van der Waals surface area (Å²) in [5.74, 6) is -0.115. The van der Waals surface area contributed by atoms with Gasteiger partial charge in [0.05, 0.1) is 22.6 Å². The number of thiazole rings is 1. The molecule has 1 heterocycles. The predicted molar refractivity (Wildman–Crippen MR) is 150 cm³/mol. The fourth-order valence-electron chi connectivity index (χ4n) is 3.49. The van der Waals surface area contributed by atoms with Crippen molar-refractivity contribution in [3.63, 3.8) is 0 Å². The molecule has 4 aromatic rings. The van der Waals surface area contributed by atoms with Crippen LogP contribution in [-0.2, 0) is 0 Å². The van der Waals surface area contributed by atoms with Crippen molar-refractivity contribution in [1.29, 1.82) is 0 Å². The molecular formula is C27H22ClF3N6OS. The predicted octanol–water partition coefficient (Wildman–Crippen LogP) is 6.71. The Bertz CT molecular complexity index is 1580. The summed E-state index contributed by atoms with van der Waals surface area (Å²) in [7, 11) is 0. The van der Waals surface area contributed by atoms with E-state index in [1.165, 1.54) is 29.8 Å². The van der Waals surface area contributed by atoms with E-state index < -0.39 is 6.36 Å². The Hall–Kier alpha value is -4.22. The van der Waals surface area contributed by atoms with Crippen molar-refractivity contribution in [2.75, 3.05) is 0 Å². The first-order valence-corrected chi connectivity index (χ1v) is 12.7. The van der Waals surface area contributed by atoms with Gasteiger partial charge in [-0.3, -0.25) is 4.57 Å². The van der Waals surface area contributed by atoms with E-state index in [0.29, 0.717) is 21.1 Å². The fraction of sp³-hybridized carbons (Fsp3) is 0.111. The monoisotopic (exact) mass is 570 g/mol. The second-order valence-electron chi connectivity index (χ2n) is 8.17. The Balaban J connectivity index is 1.43. The Labute approximate surface area is 231 Å². The zero-order valence-corrected chi connectivity index (χ0v) is 22.3. The van der Waals surface area contributed by atoms with Crippen LogP contribution in [0.4, 0.5) is 18.9 Å². The number of hydrogen-bond donors (Lipinski definition) is 1. The summed E-state index contributed by atoms with van der Waals surface area (Å²) in [6.45, 7) is 3.98. The number of para-hydroxylation sites is 1. The topological polar surface area (TPSA) is 89.6 Å². The third-order valence-electron chi connectivity index (χ3n) is 5.32. The maximum absolute atomic E-state index is 12.2. The number of aromatic nitrogens is 1. The molecule has 3 aromatic carbocycles. The average molecular weight is 571 g/mol. The number of amidine groups is 1. The minimum absolute atomic E-state index is 0.217. The molecule has 39 heavy (non-hydrogen) atoms. The highest BCUT2D eigenvalue weighted by atomic mass is 35.5. The standard InChI is InChI=1S/C27H22ClF3N6OS/c1-17-4-3-5-23(28)24(17)37-18(2)15-39-26(37)36-35-14-19-6-8-20(9-7-19)25(32)34-16-33-21-10-12-22(13-11-21)38-27(29,30)31/h3-16H,1-2H3,(H2,32,33,34)/b35-14-,36-26+. The fourth-order valence-corrected chi connectivity index (χ4v) is 4.61. The van der Waals surface area contributed by atoms with Gasteiger partial charge in [-0.1, -0.05) is 48.0 Å². The number of halogens is 4. The van der Waals surface area contributed by atoms with E-state index in [1.807, 2.05) is 54.1 Å². The van der Waals surface area contributed by atoms with E-state index in [9.17, 15) is 13.2 Å². The van der Waals surface area contributed by atoms with Crippen LogP contribution in [0.15, 0.2) is 92.3 Å². The third kappa shape index (κ3) is 7.43. The van der Waals surface area contributed by atoms with Gasteiger partial charge in [-0.05, 0) is 55.3 Å². The van der Waals surface area contributed by atoms with E-state index >= 15 is 0 Å². The molecule has 200 valence electrons. The van der Waals surface area contributed by atoms with E-state index in [1.54, 1.807) is 18.3 Å². The molecule has 0 aliphatic carbocycles. The number of nitrogens with two attached hydrogens (primary N) is 1. The second kappa shape index (κ2) is 12.1. The van der Waals surface area contributed by atoms with E-state index in [-0.39, 0.29) is 11.6 Å². The van der Waals surface area contributed by atoms with Gasteiger partial charge in [0.25, 0.3) is 0 Å². The maximum Gasteiger partial charge on any atom is 0.573 e. The lowest BCUT2D eigenvalue weighted by Gasteiger charge is -2.11. The van der Waals surface area contributed by atoms with Crippen LogP contribution in [0.2, 0.25) is 5.02 Å². The summed E-state index contributed by atoms with van der Waals surface area (Å²) in [6.07, 6.45) is -1.90. The van der Waals surface area contributed by atoms with Crippen molar-refractivity contribution in [3.8, 4) is 11.4 Å². The molecule has 0 saturated heterocycles. The van der Waals surface area contributed by atoms with Crippen molar-refractivity contribution < 1.29 is 17.9 Å². The van der Waals surface area contributed by atoms with Gasteiger partial charge < -0.3 is 10.5 Å². The molecule has 1 aromatic heterocycles. The lowest BCUT2D eigenvalue weighted by Crippen LogP contribution is -2.16. The van der Waals surface area contributed by atoms with Crippen molar-refractivity contribution in [3.05, 3.63) is 104 Å². The van der Waals surface area contributed by atoms with E-state index in [2.05, 4.69) is 24.9 Å². The minimum Gasteiger partial charge on any atom is -0.406 e. The normalized spacial score (nSPS) is 13.1. The van der Waals surface area contributed by atoms with Gasteiger partial charge in [0, 0.05) is 16.6 Å². The number of rotatable bonds is 7. The average Bonchev–Trinajstić information content (AvgIpc) is 3.24. The first kappa shape index (κ1) is 27.8. The highest BCUT2D eigenvalue weighted by Gasteiger charge is 2.30. The van der Waals surface area contributed by atoms with Gasteiger partial charge in [-0.2, -0.15) is 5.10 Å². The molecule has 0 atom stereocenters. The zero-order chi connectivity index (χ0) is 28.0. The van der Waals surface area contributed by atoms with Crippen molar-refractivity contribution >= 4 is 47.0 Å². The largest absolute Gasteiger partial charge is 0.573 e. The first-order valence-electron chi connectivity index (χ1n) is 11.4. The number of hydrogen-bond acceptors (Lipinski definition) is 5. The summed E-state index contributed by atoms with van der Waals surface area (Å²) in [4.78, 5) is 8.84. The van der Waals surface area contributed by atoms with Crippen molar-refractivity contribution in [1.82, 2.24) is 4.57 Å². The van der Waals surface area contributed by atoms with E-state index in [0.717, 1.165) is 34.6 Å².